The molecule has 0 amide bonds. The number of fused-ring (bicyclic) bond motifs is 6. The fourth-order valence-corrected chi connectivity index (χ4v) is 13.7. The van der Waals surface area contributed by atoms with E-state index in [0.717, 1.165) is 74.0 Å². The van der Waals surface area contributed by atoms with Crippen molar-refractivity contribution in [1.29, 1.82) is 0 Å². The molecule has 3 aromatic rings. The smallest absolute Gasteiger partial charge is 0.163 e. The van der Waals surface area contributed by atoms with Crippen molar-refractivity contribution in [1.82, 2.24) is 0 Å². The van der Waals surface area contributed by atoms with E-state index in [-0.39, 0.29) is 73.2 Å². The monoisotopic (exact) mass is 1020 g/mol. The van der Waals surface area contributed by atoms with E-state index in [1.807, 2.05) is 38.1 Å². The van der Waals surface area contributed by atoms with Crippen molar-refractivity contribution in [3.8, 4) is 5.75 Å². The molecular weight excluding hydrogens is 941 g/mol. The van der Waals surface area contributed by atoms with Gasteiger partial charge in [-0.3, -0.25) is 0 Å². The van der Waals surface area contributed by atoms with E-state index in [9.17, 15) is 0 Å². The molecule has 3 aromatic carbocycles. The van der Waals surface area contributed by atoms with E-state index in [2.05, 4.69) is 94.4 Å². The molecule has 8 heterocycles. The summed E-state index contributed by atoms with van der Waals surface area (Å²) in [4.78, 5) is 0. The topological polar surface area (TPSA) is 120 Å². The Balaban J connectivity index is 0.801. The number of benzene rings is 3. The highest BCUT2D eigenvalue weighted by Gasteiger charge is 2.63. The molecule has 0 aliphatic carbocycles. The summed E-state index contributed by atoms with van der Waals surface area (Å²) in [5, 5.41) is 0. The van der Waals surface area contributed by atoms with Crippen LogP contribution in [-0.2, 0) is 76.7 Å². The summed E-state index contributed by atoms with van der Waals surface area (Å²) in [6, 6.07) is 28.8. The van der Waals surface area contributed by atoms with Crippen molar-refractivity contribution >= 4 is 0 Å². The second-order valence-electron chi connectivity index (χ2n) is 23.9. The molecule has 16 atom stereocenters. The summed E-state index contributed by atoms with van der Waals surface area (Å²) in [7, 11) is 1.69. The second kappa shape index (κ2) is 21.8. The van der Waals surface area contributed by atoms with E-state index in [4.69, 9.17) is 61.6 Å². The van der Waals surface area contributed by atoms with Crippen molar-refractivity contribution in [3.63, 3.8) is 0 Å². The van der Waals surface area contributed by atoms with Crippen LogP contribution < -0.4 is 4.74 Å². The van der Waals surface area contributed by atoms with Crippen LogP contribution >= 0.6 is 0 Å². The van der Waals surface area contributed by atoms with Gasteiger partial charge in [0.1, 0.15) is 23.1 Å². The van der Waals surface area contributed by atoms with Gasteiger partial charge in [-0.25, -0.2) is 0 Å². The van der Waals surface area contributed by atoms with Gasteiger partial charge in [-0.2, -0.15) is 0 Å². The van der Waals surface area contributed by atoms with E-state index < -0.39 is 28.2 Å². The second-order valence-corrected chi connectivity index (χ2v) is 23.9. The molecule has 0 spiro atoms. The van der Waals surface area contributed by atoms with E-state index in [1.165, 1.54) is 5.56 Å². The lowest BCUT2D eigenvalue weighted by Crippen LogP contribution is -2.71. The zero-order chi connectivity index (χ0) is 51.1. The van der Waals surface area contributed by atoms with Crippen LogP contribution in [0.25, 0.3) is 0 Å². The number of hydrogen-bond donors (Lipinski definition) is 0. The van der Waals surface area contributed by atoms with Crippen LogP contribution in [0, 0.1) is 0 Å². The zero-order valence-corrected chi connectivity index (χ0v) is 44.9. The Kier molecular flexibility index (Phi) is 15.5. The van der Waals surface area contributed by atoms with E-state index >= 15 is 0 Å². The summed E-state index contributed by atoms with van der Waals surface area (Å²) < 4.78 is 88.3. The van der Waals surface area contributed by atoms with Gasteiger partial charge in [0.15, 0.2) is 5.79 Å². The average Bonchev–Trinajstić information content (AvgIpc) is 3.66. The number of hydrogen-bond acceptors (Lipinski definition) is 13. The maximum Gasteiger partial charge on any atom is 0.163 e. The highest BCUT2D eigenvalue weighted by Crippen LogP contribution is 2.53. The van der Waals surface area contributed by atoms with Crippen molar-refractivity contribution < 1.29 is 61.6 Å². The van der Waals surface area contributed by atoms with Crippen molar-refractivity contribution in [2.24, 2.45) is 0 Å². The molecule has 0 bridgehead atoms. The summed E-state index contributed by atoms with van der Waals surface area (Å²) in [6.45, 7) is 15.5. The maximum atomic E-state index is 7.52. The molecule has 0 aromatic heterocycles. The predicted molar refractivity (Wildman–Crippen MR) is 276 cm³/mol. The normalized spacial score (nSPS) is 40.4. The van der Waals surface area contributed by atoms with Crippen LogP contribution in [0.5, 0.6) is 5.75 Å². The van der Waals surface area contributed by atoms with Gasteiger partial charge < -0.3 is 61.6 Å². The molecule has 13 heteroatoms. The van der Waals surface area contributed by atoms with Crippen molar-refractivity contribution in [2.75, 3.05) is 20.3 Å². The number of allylic oxidation sites excluding steroid dienone is 1. The minimum atomic E-state index is -0.732. The quantitative estimate of drug-likeness (QED) is 0.135. The van der Waals surface area contributed by atoms with Crippen LogP contribution in [0.1, 0.15) is 135 Å². The van der Waals surface area contributed by atoms with Gasteiger partial charge >= 0.3 is 0 Å². The molecule has 7 fully saturated rings. The van der Waals surface area contributed by atoms with Crippen molar-refractivity contribution in [2.45, 2.75) is 240 Å². The summed E-state index contributed by atoms with van der Waals surface area (Å²) >= 11 is 0. The fraction of sp³-hybridized carbons (Fsp3) is 0.672. The molecule has 8 aliphatic rings. The molecule has 74 heavy (non-hydrogen) atoms. The van der Waals surface area contributed by atoms with E-state index in [0.29, 0.717) is 58.7 Å². The van der Waals surface area contributed by atoms with E-state index in [1.54, 1.807) is 7.11 Å². The Morgan fingerprint density at radius 3 is 2.07 bits per heavy atom. The Morgan fingerprint density at radius 1 is 0.608 bits per heavy atom. The van der Waals surface area contributed by atoms with Crippen LogP contribution in [0.4, 0.5) is 0 Å². The molecule has 404 valence electrons. The van der Waals surface area contributed by atoms with Gasteiger partial charge in [0.05, 0.1) is 118 Å². The average molecular weight is 1020 g/mol. The molecule has 0 radical (unpaired) electrons. The number of rotatable bonds is 15. The molecule has 0 saturated carbocycles. The Bertz CT molecular complexity index is 2350. The van der Waals surface area contributed by atoms with Crippen LogP contribution in [0.3, 0.4) is 0 Å². The van der Waals surface area contributed by atoms with Gasteiger partial charge in [0.25, 0.3) is 0 Å². The minimum absolute atomic E-state index is 0.0196. The lowest BCUT2D eigenvalue weighted by atomic mass is 9.73. The molecule has 11 rings (SSSR count). The summed E-state index contributed by atoms with van der Waals surface area (Å²) in [6.07, 6.45) is 9.44. The first-order valence-electron chi connectivity index (χ1n) is 27.9. The van der Waals surface area contributed by atoms with Crippen LogP contribution in [0.15, 0.2) is 96.8 Å². The highest BCUT2D eigenvalue weighted by atomic mass is 16.7. The fourth-order valence-electron chi connectivity index (χ4n) is 13.7. The van der Waals surface area contributed by atoms with Crippen LogP contribution in [-0.4, -0.2) is 122 Å². The third-order valence-corrected chi connectivity index (χ3v) is 17.7. The third kappa shape index (κ3) is 11.4. The largest absolute Gasteiger partial charge is 0.497 e. The lowest BCUT2D eigenvalue weighted by Gasteiger charge is -2.61. The Hall–Kier alpha value is -3.44. The standard InChI is InChI=1S/C61H82O13/c1-57(2)66-38-51-47(72-57)28-27-46-49(68-51)32-53-60(5,73-46)39-59(4)52(70-53)22-14-20-45(71-59)30-48-50(64-36-42-23-25-43(62-7)26-24-42)34-58(3)54(69-48)33-56-61(6,74-58)55(65-37-41-18-12-9-13-19-41)31-44(67-56)21-15-29-63-35-40-16-10-8-11-17-40/h8-13,16-20,23-26,44,46-56H,14-15,21-22,27-39H2,1-7H3/t44-,46+,47-,48+,49-,50-,51+,52-,53+,54-,55-,56+,58+,59+,60-,61-/m0/s1. The van der Waals surface area contributed by atoms with Gasteiger partial charge in [-0.15, -0.1) is 0 Å². The Labute approximate surface area is 439 Å². The van der Waals surface area contributed by atoms with Crippen molar-refractivity contribution in [3.05, 3.63) is 113 Å². The first-order valence-corrected chi connectivity index (χ1v) is 27.9. The summed E-state index contributed by atoms with van der Waals surface area (Å²) in [5.41, 5.74) is 0.744. The minimum Gasteiger partial charge on any atom is -0.497 e. The van der Waals surface area contributed by atoms with Gasteiger partial charge in [-0.1, -0.05) is 72.8 Å². The molecule has 0 unspecified atom stereocenters. The molecule has 7 saturated heterocycles. The molecular formula is C61H82O13. The van der Waals surface area contributed by atoms with Gasteiger partial charge in [0.2, 0.25) is 0 Å². The first kappa shape index (κ1) is 52.6. The molecule has 13 nitrogen and oxygen atoms in total. The number of ether oxygens (including phenoxy) is 13. The highest BCUT2D eigenvalue weighted by molar-refractivity contribution is 5.27. The predicted octanol–water partition coefficient (Wildman–Crippen LogP) is 10.7. The lowest BCUT2D eigenvalue weighted by molar-refractivity contribution is -0.362. The third-order valence-electron chi connectivity index (χ3n) is 17.7. The van der Waals surface area contributed by atoms with Gasteiger partial charge in [-0.05, 0) is 115 Å². The maximum absolute atomic E-state index is 7.52. The summed E-state index contributed by atoms with van der Waals surface area (Å²) in [5.74, 6) is 1.09. The van der Waals surface area contributed by atoms with Gasteiger partial charge in [0, 0.05) is 45.1 Å². The number of methoxy groups -OCH3 is 1. The molecule has 0 N–H and O–H groups in total. The Morgan fingerprint density at radius 2 is 1.31 bits per heavy atom. The van der Waals surface area contributed by atoms with Crippen LogP contribution in [0.2, 0.25) is 0 Å². The molecule has 8 aliphatic heterocycles. The first-order chi connectivity index (χ1) is 35.7. The zero-order valence-electron chi connectivity index (χ0n) is 44.9. The SMILES string of the molecule is COc1ccc(CO[C@H]2C[C@@]3(C)O[C@@]4(C)[C@@H](OCc5ccccc5)C[C@H](CCCOCc5ccccc5)O[C@@H]4C[C@@H]3O[C@@H]2CC2=CCC[C@@H]3O[C@@H]4C[C@@H]5O[C@@H]6COC(C)(C)O[C@H]6CC[C@H]5O[C@@]4(C)C[C@@]3(C)O2)cc1.